The van der Waals surface area contributed by atoms with Gasteiger partial charge in [-0.05, 0) is 61.7 Å². The fraction of sp³-hybridized carbons (Fsp3) is 0.429. The number of fused-ring (bicyclic) bond motifs is 3. The molecule has 7 rings (SSSR count). The van der Waals surface area contributed by atoms with Gasteiger partial charge in [0, 0.05) is 16.5 Å². The van der Waals surface area contributed by atoms with E-state index in [9.17, 15) is 30.0 Å². The number of phenolic OH excluding ortho intramolecular Hbond substituents is 1. The molecule has 13 heteroatoms. The molecule has 250 valence electrons. The molecule has 3 fully saturated rings. The van der Waals surface area contributed by atoms with Crippen molar-refractivity contribution in [1.29, 1.82) is 0 Å². The van der Waals surface area contributed by atoms with Crippen LogP contribution in [0.2, 0.25) is 0 Å². The third kappa shape index (κ3) is 5.40. The summed E-state index contributed by atoms with van der Waals surface area (Å²) < 4.78 is 34.5. The first-order valence-electron chi connectivity index (χ1n) is 15.4. The highest BCUT2D eigenvalue weighted by molar-refractivity contribution is 6.08. The van der Waals surface area contributed by atoms with Crippen molar-refractivity contribution in [1.82, 2.24) is 5.32 Å². The van der Waals surface area contributed by atoms with Gasteiger partial charge in [-0.2, -0.15) is 0 Å². The molecule has 0 bridgehead atoms. The predicted molar refractivity (Wildman–Crippen MR) is 165 cm³/mol. The Morgan fingerprint density at radius 1 is 1.19 bits per heavy atom. The lowest BCUT2D eigenvalue weighted by molar-refractivity contribution is -0.273. The van der Waals surface area contributed by atoms with Crippen molar-refractivity contribution in [3.05, 3.63) is 64.3 Å². The number of ether oxygens (including phenoxy) is 6. The molecule has 10 atom stereocenters. The maximum atomic E-state index is 14.0. The Bertz CT molecular complexity index is 1880. The Hall–Kier alpha value is -4.44. The quantitative estimate of drug-likeness (QED) is 0.160. The van der Waals surface area contributed by atoms with Crippen LogP contribution < -0.4 is 5.32 Å². The summed E-state index contributed by atoms with van der Waals surface area (Å²) in [5, 5.41) is 46.0. The topological polar surface area (TPSA) is 186 Å². The van der Waals surface area contributed by atoms with Crippen LogP contribution in [-0.2, 0) is 35.0 Å². The minimum atomic E-state index is -1.25. The zero-order valence-electron chi connectivity index (χ0n) is 26.1. The number of aliphatic hydroxyl groups excluding tert-OH is 3. The van der Waals surface area contributed by atoms with E-state index in [2.05, 4.69) is 29.0 Å². The van der Waals surface area contributed by atoms with E-state index in [1.807, 2.05) is 6.92 Å². The number of aromatic hydroxyl groups is 1. The molecule has 5 N–H and O–H groups in total. The summed E-state index contributed by atoms with van der Waals surface area (Å²) in [5.41, 5.74) is 0.848. The number of rotatable bonds is 7. The molecular formula is C35H33NO12. The number of esters is 1. The zero-order valence-corrected chi connectivity index (χ0v) is 26.1. The normalized spacial score (nSPS) is 35.8. The first-order chi connectivity index (χ1) is 23.0. The fourth-order valence-electron chi connectivity index (χ4n) is 6.58. The summed E-state index contributed by atoms with van der Waals surface area (Å²) >= 11 is 0. The zero-order chi connectivity index (χ0) is 33.9. The number of benzene rings is 2. The van der Waals surface area contributed by atoms with Gasteiger partial charge in [0.1, 0.15) is 36.2 Å². The van der Waals surface area contributed by atoms with E-state index in [1.165, 1.54) is 6.07 Å². The molecule has 0 aromatic heterocycles. The molecule has 48 heavy (non-hydrogen) atoms. The summed E-state index contributed by atoms with van der Waals surface area (Å²) in [6.07, 6.45) is -5.68. The summed E-state index contributed by atoms with van der Waals surface area (Å²) in [6, 6.07) is 5.63. The maximum Gasteiger partial charge on any atom is 0.508 e. The number of hydrogen-bond donors (Lipinski definition) is 5. The van der Waals surface area contributed by atoms with Crippen LogP contribution in [0.15, 0.2) is 47.6 Å². The molecule has 2 aromatic carbocycles. The average molecular weight is 660 g/mol. The SMILES string of the molecule is CNC1[C@@H](O[C@@H]2/C3=C/C#C[C@H]4OC4([C@H]4COC(=O)O4)C#CC3=C[C@H]2OC(=O)c2c(O)ccc3c(C)cc(CO)cc23)OC(C)[C@H](O)[C@H]1O. The summed E-state index contributed by atoms with van der Waals surface area (Å²) in [6.45, 7) is 3.10. The molecule has 13 nitrogen and oxygen atoms in total. The van der Waals surface area contributed by atoms with Crippen LogP contribution in [0.3, 0.4) is 0 Å². The lowest BCUT2D eigenvalue weighted by atomic mass is 9.97. The van der Waals surface area contributed by atoms with Crippen LogP contribution in [-0.4, -0.2) is 107 Å². The highest BCUT2D eigenvalue weighted by atomic mass is 16.8. The minimum absolute atomic E-state index is 0.0558. The van der Waals surface area contributed by atoms with Crippen molar-refractivity contribution in [2.45, 2.75) is 81.1 Å². The summed E-state index contributed by atoms with van der Waals surface area (Å²) in [5.74, 6) is 10.9. The number of likely N-dealkylation sites (N-methyl/N-ethyl adjacent to an activating group) is 1. The van der Waals surface area contributed by atoms with Crippen LogP contribution in [0, 0.1) is 30.6 Å². The number of carbonyl (C=O) groups excluding carboxylic acids is 2. The monoisotopic (exact) mass is 659 g/mol. The number of aliphatic hydroxyl groups is 3. The Balaban J connectivity index is 1.27. The second-order valence-corrected chi connectivity index (χ2v) is 12.2. The number of hydrogen-bond acceptors (Lipinski definition) is 13. The van der Waals surface area contributed by atoms with Crippen LogP contribution in [0.25, 0.3) is 10.8 Å². The van der Waals surface area contributed by atoms with E-state index in [-0.39, 0.29) is 24.5 Å². The van der Waals surface area contributed by atoms with Crippen molar-refractivity contribution in [2.75, 3.05) is 13.7 Å². The molecule has 3 unspecified atom stereocenters. The lowest BCUT2D eigenvalue weighted by Gasteiger charge is -2.42. The van der Waals surface area contributed by atoms with Gasteiger partial charge in [0.25, 0.3) is 0 Å². The van der Waals surface area contributed by atoms with E-state index in [1.54, 1.807) is 44.3 Å². The van der Waals surface area contributed by atoms with Gasteiger partial charge in [-0.25, -0.2) is 9.59 Å². The molecule has 2 aromatic rings. The predicted octanol–water partition coefficient (Wildman–Crippen LogP) is 0.871. The second-order valence-electron chi connectivity index (χ2n) is 12.2. The summed E-state index contributed by atoms with van der Waals surface area (Å²) in [4.78, 5) is 25.6. The molecule has 3 heterocycles. The van der Waals surface area contributed by atoms with E-state index < -0.39 is 72.8 Å². The minimum Gasteiger partial charge on any atom is -0.507 e. The van der Waals surface area contributed by atoms with E-state index in [4.69, 9.17) is 28.4 Å². The van der Waals surface area contributed by atoms with E-state index >= 15 is 0 Å². The third-order valence-corrected chi connectivity index (χ3v) is 9.26. The van der Waals surface area contributed by atoms with Crippen molar-refractivity contribution in [3.63, 3.8) is 0 Å². The van der Waals surface area contributed by atoms with Gasteiger partial charge in [-0.3, -0.25) is 0 Å². The number of allylic oxidation sites excluding steroid dienone is 1. The standard InChI is InChI=1S/C35H33NO12/c1-16-11-18(14-37)12-22-20(16)7-8-23(38)27(22)32(41)45-24-13-19-9-10-35(26-15-43-34(42)46-26)25(48-35)6-4-5-21(19)31(24)47-33-28(36-3)30(40)29(39)17(2)44-33/h5,7-8,11-13,17,24-26,28-31,33,36-40H,14-15H2,1-3H3/b21-5+/t17?,24-,25-,26-,28?,29+,30+,31-,33-,35?/m1/s1. The molecule has 5 aliphatic rings. The van der Waals surface area contributed by atoms with Crippen molar-refractivity contribution >= 4 is 22.9 Å². The van der Waals surface area contributed by atoms with Crippen molar-refractivity contribution in [3.8, 4) is 29.4 Å². The Labute approximate surface area is 275 Å². The van der Waals surface area contributed by atoms with Crippen molar-refractivity contribution in [2.24, 2.45) is 0 Å². The molecule has 0 spiro atoms. The van der Waals surface area contributed by atoms with E-state index in [0.717, 1.165) is 5.56 Å². The number of carbonyl (C=O) groups is 2. The van der Waals surface area contributed by atoms with Crippen LogP contribution in [0.1, 0.15) is 28.4 Å². The van der Waals surface area contributed by atoms with Crippen LogP contribution >= 0.6 is 0 Å². The average Bonchev–Trinajstić information content (AvgIpc) is 3.39. The maximum absolute atomic E-state index is 14.0. The Morgan fingerprint density at radius 2 is 2.00 bits per heavy atom. The van der Waals surface area contributed by atoms with E-state index in [0.29, 0.717) is 27.5 Å². The molecule has 3 aliphatic heterocycles. The molecule has 0 saturated carbocycles. The van der Waals surface area contributed by atoms with Gasteiger partial charge in [-0.15, -0.1) is 0 Å². The molecular weight excluding hydrogens is 626 g/mol. The Kier molecular flexibility index (Phi) is 8.18. The number of nitrogens with one attached hydrogen (secondary N) is 1. The third-order valence-electron chi connectivity index (χ3n) is 9.26. The van der Waals surface area contributed by atoms with Gasteiger partial charge < -0.3 is 54.2 Å². The molecule has 0 radical (unpaired) electrons. The summed E-state index contributed by atoms with van der Waals surface area (Å²) in [7, 11) is 1.58. The van der Waals surface area contributed by atoms with Gasteiger partial charge in [0.2, 0.25) is 5.60 Å². The lowest BCUT2D eigenvalue weighted by Crippen LogP contribution is -2.62. The van der Waals surface area contributed by atoms with Gasteiger partial charge in [0.05, 0.1) is 18.8 Å². The van der Waals surface area contributed by atoms with Gasteiger partial charge >= 0.3 is 12.1 Å². The number of aryl methyl sites for hydroxylation is 1. The number of cyclic esters (lactones) is 2. The molecule has 3 saturated heterocycles. The van der Waals surface area contributed by atoms with Gasteiger partial charge in [0.15, 0.2) is 24.6 Å². The first-order valence-corrected chi connectivity index (χ1v) is 15.4. The van der Waals surface area contributed by atoms with Crippen molar-refractivity contribution < 1.29 is 58.4 Å². The highest BCUT2D eigenvalue weighted by Crippen LogP contribution is 2.44. The smallest absolute Gasteiger partial charge is 0.507 e. The highest BCUT2D eigenvalue weighted by Gasteiger charge is 2.65. The number of phenols is 1. The van der Waals surface area contributed by atoms with Crippen LogP contribution in [0.4, 0.5) is 4.79 Å². The fourth-order valence-corrected chi connectivity index (χ4v) is 6.58. The Morgan fingerprint density at radius 3 is 2.73 bits per heavy atom. The largest absolute Gasteiger partial charge is 0.508 e. The number of epoxide rings is 1. The second kappa shape index (κ2) is 12.2. The molecule has 2 aliphatic carbocycles. The first kappa shape index (κ1) is 32.1. The van der Waals surface area contributed by atoms with Crippen LogP contribution in [0.5, 0.6) is 5.75 Å². The molecule has 0 amide bonds. The van der Waals surface area contributed by atoms with Gasteiger partial charge in [-0.1, -0.05) is 35.8 Å².